The Balaban J connectivity index is 2.04. The number of hydrogen-bond acceptors (Lipinski definition) is 7. The average molecular weight is 513 g/mol. The van der Waals surface area contributed by atoms with Crippen LogP contribution in [0.2, 0.25) is 0 Å². The molecular formula is C28H36N2O7. The highest BCUT2D eigenvalue weighted by Gasteiger charge is 2.26. The fourth-order valence-corrected chi connectivity index (χ4v) is 3.56. The van der Waals surface area contributed by atoms with E-state index in [2.05, 4.69) is 10.6 Å². The van der Waals surface area contributed by atoms with E-state index in [1.165, 1.54) is 7.11 Å². The van der Waals surface area contributed by atoms with E-state index >= 15 is 0 Å². The second-order valence-electron chi connectivity index (χ2n) is 9.55. The molecule has 0 aliphatic carbocycles. The fourth-order valence-electron chi connectivity index (χ4n) is 3.56. The van der Waals surface area contributed by atoms with Gasteiger partial charge in [0, 0.05) is 19.3 Å². The number of esters is 1. The highest BCUT2D eigenvalue weighted by atomic mass is 16.6. The second-order valence-corrected chi connectivity index (χ2v) is 9.55. The molecule has 0 aromatic heterocycles. The van der Waals surface area contributed by atoms with Gasteiger partial charge < -0.3 is 24.8 Å². The Kier molecular flexibility index (Phi) is 11.1. The summed E-state index contributed by atoms with van der Waals surface area (Å²) in [6.07, 6.45) is -0.550. The van der Waals surface area contributed by atoms with Crippen LogP contribution in [0.25, 0.3) is 0 Å². The Morgan fingerprint density at radius 1 is 0.784 bits per heavy atom. The molecule has 37 heavy (non-hydrogen) atoms. The lowest BCUT2D eigenvalue weighted by atomic mass is 9.99. The number of Topliss-reactive ketones (excluding diaryl/α,β-unsaturated/α-hetero) is 1. The van der Waals surface area contributed by atoms with Crippen molar-refractivity contribution < 1.29 is 33.4 Å². The van der Waals surface area contributed by atoms with E-state index < -0.39 is 35.7 Å². The van der Waals surface area contributed by atoms with Gasteiger partial charge in [-0.3, -0.25) is 9.59 Å². The normalized spacial score (nSPS) is 12.6. The SMILES string of the molecule is COC(=O)C(Cc1ccccc1)NC(=O)CCC(=O)[C@H](Cc1ccc(OC)cc1)NC(=O)OC(C)(C)C. The lowest BCUT2D eigenvalue weighted by Gasteiger charge is -2.23. The molecule has 0 bridgehead atoms. The lowest BCUT2D eigenvalue weighted by molar-refractivity contribution is -0.145. The van der Waals surface area contributed by atoms with Crippen LogP contribution < -0.4 is 15.4 Å². The topological polar surface area (TPSA) is 120 Å². The van der Waals surface area contributed by atoms with Crippen LogP contribution in [0, 0.1) is 0 Å². The summed E-state index contributed by atoms with van der Waals surface area (Å²) in [6, 6.07) is 14.6. The lowest BCUT2D eigenvalue weighted by Crippen LogP contribution is -2.46. The molecule has 0 heterocycles. The molecule has 2 aromatic carbocycles. The number of carbonyl (C=O) groups excluding carboxylic acids is 4. The molecule has 0 aliphatic rings. The molecule has 200 valence electrons. The third-order valence-electron chi connectivity index (χ3n) is 5.38. The second kappa shape index (κ2) is 14.0. The molecule has 0 saturated carbocycles. The van der Waals surface area contributed by atoms with Crippen LogP contribution in [-0.2, 0) is 36.7 Å². The van der Waals surface area contributed by atoms with Crippen molar-refractivity contribution in [2.24, 2.45) is 0 Å². The number of alkyl carbamates (subject to hydrolysis) is 1. The smallest absolute Gasteiger partial charge is 0.408 e. The first kappa shape index (κ1) is 29.4. The van der Waals surface area contributed by atoms with Crippen LogP contribution in [-0.4, -0.2) is 55.7 Å². The Labute approximate surface area is 217 Å². The third-order valence-corrected chi connectivity index (χ3v) is 5.38. The van der Waals surface area contributed by atoms with Crippen LogP contribution >= 0.6 is 0 Å². The molecule has 0 saturated heterocycles. The molecule has 2 rings (SSSR count). The predicted octanol–water partition coefficient (Wildman–Crippen LogP) is 3.38. The maximum Gasteiger partial charge on any atom is 0.408 e. The van der Waals surface area contributed by atoms with Crippen LogP contribution in [0.4, 0.5) is 4.79 Å². The van der Waals surface area contributed by atoms with Gasteiger partial charge in [0.2, 0.25) is 5.91 Å². The van der Waals surface area contributed by atoms with Crippen molar-refractivity contribution in [3.05, 3.63) is 65.7 Å². The number of hydrogen-bond donors (Lipinski definition) is 2. The summed E-state index contributed by atoms with van der Waals surface area (Å²) in [6.45, 7) is 5.18. The van der Waals surface area contributed by atoms with Crippen molar-refractivity contribution in [1.29, 1.82) is 0 Å². The quantitative estimate of drug-likeness (QED) is 0.418. The molecule has 9 heteroatoms. The first-order chi connectivity index (χ1) is 17.5. The zero-order valence-corrected chi connectivity index (χ0v) is 22.0. The van der Waals surface area contributed by atoms with Gasteiger partial charge in [-0.15, -0.1) is 0 Å². The van der Waals surface area contributed by atoms with Crippen LogP contribution in [0.1, 0.15) is 44.7 Å². The molecule has 2 N–H and O–H groups in total. The largest absolute Gasteiger partial charge is 0.497 e. The van der Waals surface area contributed by atoms with E-state index in [-0.39, 0.29) is 31.5 Å². The number of benzene rings is 2. The molecule has 0 spiro atoms. The van der Waals surface area contributed by atoms with Crippen LogP contribution in [0.5, 0.6) is 5.75 Å². The number of ketones is 1. The molecule has 0 aliphatic heterocycles. The highest BCUT2D eigenvalue weighted by molar-refractivity contribution is 5.92. The Bertz CT molecular complexity index is 1050. The number of methoxy groups -OCH3 is 2. The minimum atomic E-state index is -0.906. The van der Waals surface area contributed by atoms with E-state index in [4.69, 9.17) is 14.2 Å². The van der Waals surface area contributed by atoms with Crippen molar-refractivity contribution in [2.75, 3.05) is 14.2 Å². The highest BCUT2D eigenvalue weighted by Crippen LogP contribution is 2.15. The standard InChI is InChI=1S/C28H36N2O7/c1-28(2,3)37-27(34)30-22(17-20-11-13-21(35-4)14-12-20)24(31)15-16-25(32)29-23(26(33)36-5)18-19-9-7-6-8-10-19/h6-14,22-23H,15-18H2,1-5H3,(H,29,32)(H,30,34)/t22-,23?/m0/s1. The number of nitrogens with one attached hydrogen (secondary N) is 2. The molecule has 0 fully saturated rings. The van der Waals surface area contributed by atoms with Gasteiger partial charge in [-0.05, 0) is 50.5 Å². The van der Waals surface area contributed by atoms with Crippen molar-refractivity contribution in [1.82, 2.24) is 10.6 Å². The number of carbonyl (C=O) groups is 4. The van der Waals surface area contributed by atoms with E-state index in [1.54, 1.807) is 52.1 Å². The van der Waals surface area contributed by atoms with E-state index in [1.807, 2.05) is 30.3 Å². The van der Waals surface area contributed by atoms with Gasteiger partial charge in [0.1, 0.15) is 17.4 Å². The summed E-state index contributed by atoms with van der Waals surface area (Å²) in [5.74, 6) is -0.721. The average Bonchev–Trinajstić information content (AvgIpc) is 2.86. The minimum Gasteiger partial charge on any atom is -0.497 e. The Hall–Kier alpha value is -3.88. The van der Waals surface area contributed by atoms with Gasteiger partial charge in [0.25, 0.3) is 0 Å². The zero-order valence-electron chi connectivity index (χ0n) is 22.0. The van der Waals surface area contributed by atoms with Gasteiger partial charge in [0.05, 0.1) is 20.3 Å². The van der Waals surface area contributed by atoms with Crippen LogP contribution in [0.3, 0.4) is 0 Å². The van der Waals surface area contributed by atoms with Crippen molar-refractivity contribution in [3.8, 4) is 5.75 Å². The molecule has 9 nitrogen and oxygen atoms in total. The number of rotatable bonds is 12. The fraction of sp³-hybridized carbons (Fsp3) is 0.429. The molecule has 0 radical (unpaired) electrons. The van der Waals surface area contributed by atoms with Gasteiger partial charge in [0.15, 0.2) is 5.78 Å². The minimum absolute atomic E-state index is 0.137. The molecule has 2 atom stereocenters. The van der Waals surface area contributed by atoms with E-state index in [9.17, 15) is 19.2 Å². The molecule has 2 amide bonds. The summed E-state index contributed by atoms with van der Waals surface area (Å²) < 4.78 is 15.3. The molecule has 1 unspecified atom stereocenters. The number of ether oxygens (including phenoxy) is 3. The van der Waals surface area contributed by atoms with Crippen LogP contribution in [0.15, 0.2) is 54.6 Å². The summed E-state index contributed by atoms with van der Waals surface area (Å²) in [5.41, 5.74) is 0.919. The number of amides is 2. The van der Waals surface area contributed by atoms with Crippen molar-refractivity contribution >= 4 is 23.8 Å². The predicted molar refractivity (Wildman–Crippen MR) is 138 cm³/mol. The summed E-state index contributed by atoms with van der Waals surface area (Å²) >= 11 is 0. The van der Waals surface area contributed by atoms with Crippen molar-refractivity contribution in [2.45, 2.75) is 64.1 Å². The van der Waals surface area contributed by atoms with E-state index in [0.717, 1.165) is 11.1 Å². The van der Waals surface area contributed by atoms with Gasteiger partial charge >= 0.3 is 12.1 Å². The zero-order chi connectivity index (χ0) is 27.4. The summed E-state index contributed by atoms with van der Waals surface area (Å²) in [7, 11) is 2.81. The van der Waals surface area contributed by atoms with Gasteiger partial charge in [-0.1, -0.05) is 42.5 Å². The molecule has 2 aromatic rings. The maximum atomic E-state index is 13.1. The first-order valence-electron chi connectivity index (χ1n) is 12.1. The van der Waals surface area contributed by atoms with E-state index in [0.29, 0.717) is 5.75 Å². The molecular weight excluding hydrogens is 476 g/mol. The Morgan fingerprint density at radius 2 is 1.38 bits per heavy atom. The monoisotopic (exact) mass is 512 g/mol. The summed E-state index contributed by atoms with van der Waals surface area (Å²) in [5, 5.41) is 5.28. The van der Waals surface area contributed by atoms with Gasteiger partial charge in [-0.25, -0.2) is 9.59 Å². The maximum absolute atomic E-state index is 13.1. The summed E-state index contributed by atoms with van der Waals surface area (Å²) in [4.78, 5) is 50.3. The van der Waals surface area contributed by atoms with Crippen molar-refractivity contribution in [3.63, 3.8) is 0 Å². The Morgan fingerprint density at radius 3 is 1.95 bits per heavy atom. The van der Waals surface area contributed by atoms with Gasteiger partial charge in [-0.2, -0.15) is 0 Å². The first-order valence-corrected chi connectivity index (χ1v) is 12.1. The third kappa shape index (κ3) is 10.7.